The number of carbonyl (C=O) groups excluding carboxylic acids is 2. The van der Waals surface area contributed by atoms with Crippen molar-refractivity contribution in [2.24, 2.45) is 0 Å². The lowest BCUT2D eigenvalue weighted by molar-refractivity contribution is -0.276. The minimum absolute atomic E-state index is 0.100. The summed E-state index contributed by atoms with van der Waals surface area (Å²) in [6, 6.07) is 8.58. The molecule has 0 atom stereocenters. The Bertz CT molecular complexity index is 930. The molecule has 1 fully saturated rings. The third-order valence-electron chi connectivity index (χ3n) is 4.57. The van der Waals surface area contributed by atoms with Crippen molar-refractivity contribution in [2.75, 3.05) is 6.61 Å². The van der Waals surface area contributed by atoms with Crippen LogP contribution in [0.3, 0.4) is 0 Å². The number of nitrogens with one attached hydrogen (secondary N) is 2. The van der Waals surface area contributed by atoms with Gasteiger partial charge < -0.3 is 20.1 Å². The Hall–Kier alpha value is -3.01. The van der Waals surface area contributed by atoms with Crippen molar-refractivity contribution in [1.29, 1.82) is 0 Å². The van der Waals surface area contributed by atoms with Crippen molar-refractivity contribution in [2.45, 2.75) is 37.7 Å². The summed E-state index contributed by atoms with van der Waals surface area (Å²) in [4.78, 5) is 27.8. The van der Waals surface area contributed by atoms with Gasteiger partial charge in [-0.15, -0.1) is 13.2 Å². The lowest BCUT2D eigenvalue weighted by Crippen LogP contribution is -2.62. The van der Waals surface area contributed by atoms with Gasteiger partial charge in [0.25, 0.3) is 11.8 Å². The standard InChI is InChI=1S/C20H19ClF3N3O4/c1-19(27-16(28)11-30-15-5-3-13(21)4-6-15)8-14(9-19)26-18(29)12-2-7-17(25-10-12)31-20(22,23)24/h2-7,10,14H,8-9,11H2,1H3,(H,26,29)(H,27,28). The molecule has 1 aromatic heterocycles. The third kappa shape index (κ3) is 6.74. The summed E-state index contributed by atoms with van der Waals surface area (Å²) in [7, 11) is 0. The zero-order valence-corrected chi connectivity index (χ0v) is 17.1. The number of benzene rings is 1. The van der Waals surface area contributed by atoms with E-state index in [1.54, 1.807) is 24.3 Å². The van der Waals surface area contributed by atoms with Crippen molar-refractivity contribution >= 4 is 23.4 Å². The second-order valence-electron chi connectivity index (χ2n) is 7.36. The number of amides is 2. The van der Waals surface area contributed by atoms with Gasteiger partial charge >= 0.3 is 6.36 Å². The van der Waals surface area contributed by atoms with Crippen LogP contribution in [-0.4, -0.2) is 41.3 Å². The van der Waals surface area contributed by atoms with Crippen molar-refractivity contribution in [3.63, 3.8) is 0 Å². The van der Waals surface area contributed by atoms with Gasteiger partial charge in [0.15, 0.2) is 6.61 Å². The molecule has 1 saturated carbocycles. The van der Waals surface area contributed by atoms with Crippen molar-refractivity contribution in [3.05, 3.63) is 53.2 Å². The van der Waals surface area contributed by atoms with E-state index in [1.807, 2.05) is 6.92 Å². The molecule has 2 aromatic rings. The van der Waals surface area contributed by atoms with Gasteiger partial charge in [0, 0.05) is 28.9 Å². The van der Waals surface area contributed by atoms with E-state index in [-0.39, 0.29) is 24.1 Å². The first-order valence-corrected chi connectivity index (χ1v) is 9.61. The number of nitrogens with zero attached hydrogens (tertiary/aromatic N) is 1. The van der Waals surface area contributed by atoms with Crippen molar-refractivity contribution in [1.82, 2.24) is 15.6 Å². The van der Waals surface area contributed by atoms with E-state index in [0.29, 0.717) is 23.6 Å². The molecule has 31 heavy (non-hydrogen) atoms. The third-order valence-corrected chi connectivity index (χ3v) is 4.82. The van der Waals surface area contributed by atoms with Crippen LogP contribution in [0.15, 0.2) is 42.6 Å². The van der Waals surface area contributed by atoms with Crippen LogP contribution in [0.5, 0.6) is 11.6 Å². The zero-order valence-electron chi connectivity index (χ0n) is 16.3. The number of ether oxygens (including phenoxy) is 2. The van der Waals surface area contributed by atoms with Gasteiger partial charge in [0.05, 0.1) is 5.56 Å². The number of carbonyl (C=O) groups is 2. The summed E-state index contributed by atoms with van der Waals surface area (Å²) in [5.74, 6) is -0.908. The van der Waals surface area contributed by atoms with Gasteiger partial charge in [0.2, 0.25) is 5.88 Å². The highest BCUT2D eigenvalue weighted by molar-refractivity contribution is 6.30. The Morgan fingerprint density at radius 2 is 1.87 bits per heavy atom. The van der Waals surface area contributed by atoms with Gasteiger partial charge in [-0.1, -0.05) is 11.6 Å². The fourth-order valence-electron chi connectivity index (χ4n) is 3.25. The maximum Gasteiger partial charge on any atom is 0.574 e. The molecule has 0 saturated heterocycles. The van der Waals surface area contributed by atoms with Gasteiger partial charge in [-0.05, 0) is 50.1 Å². The van der Waals surface area contributed by atoms with E-state index in [9.17, 15) is 22.8 Å². The number of rotatable bonds is 7. The molecule has 7 nitrogen and oxygen atoms in total. The molecule has 3 rings (SSSR count). The van der Waals surface area contributed by atoms with E-state index in [0.717, 1.165) is 12.3 Å². The Labute approximate surface area is 180 Å². The normalized spacial score (nSPS) is 20.4. The van der Waals surface area contributed by atoms with Gasteiger partial charge in [-0.25, -0.2) is 4.98 Å². The summed E-state index contributed by atoms with van der Waals surface area (Å²) < 4.78 is 45.5. The molecule has 1 heterocycles. The highest BCUT2D eigenvalue weighted by Gasteiger charge is 2.42. The van der Waals surface area contributed by atoms with E-state index in [4.69, 9.17) is 16.3 Å². The second-order valence-corrected chi connectivity index (χ2v) is 7.80. The highest BCUT2D eigenvalue weighted by atomic mass is 35.5. The first kappa shape index (κ1) is 22.7. The molecule has 0 bridgehead atoms. The summed E-state index contributed by atoms with van der Waals surface area (Å²) in [6.45, 7) is 1.69. The van der Waals surface area contributed by atoms with Crippen LogP contribution >= 0.6 is 11.6 Å². The maximum atomic E-state index is 12.2. The van der Waals surface area contributed by atoms with Crippen LogP contribution in [-0.2, 0) is 4.79 Å². The number of hydrogen-bond donors (Lipinski definition) is 2. The van der Waals surface area contributed by atoms with Crippen LogP contribution in [0.2, 0.25) is 5.02 Å². The minimum Gasteiger partial charge on any atom is -0.484 e. The molecule has 0 unspecified atom stereocenters. The molecule has 0 aliphatic heterocycles. The van der Waals surface area contributed by atoms with E-state index < -0.39 is 23.7 Å². The number of alkyl halides is 3. The van der Waals surface area contributed by atoms with Gasteiger partial charge in [-0.2, -0.15) is 0 Å². The smallest absolute Gasteiger partial charge is 0.484 e. The fraction of sp³-hybridized carbons (Fsp3) is 0.350. The number of pyridine rings is 1. The largest absolute Gasteiger partial charge is 0.574 e. The van der Waals surface area contributed by atoms with E-state index >= 15 is 0 Å². The Kier molecular flexibility index (Phi) is 6.59. The van der Waals surface area contributed by atoms with Crippen LogP contribution in [0, 0.1) is 0 Å². The topological polar surface area (TPSA) is 89.6 Å². The van der Waals surface area contributed by atoms with Gasteiger partial charge in [-0.3, -0.25) is 9.59 Å². The SMILES string of the molecule is CC1(NC(=O)COc2ccc(Cl)cc2)CC(NC(=O)c2ccc(OC(F)(F)F)nc2)C1. The maximum absolute atomic E-state index is 12.2. The molecule has 1 aliphatic carbocycles. The molecule has 1 aromatic carbocycles. The Balaban J connectivity index is 1.41. The second kappa shape index (κ2) is 9.01. The molecular weight excluding hydrogens is 439 g/mol. The summed E-state index contributed by atoms with van der Waals surface area (Å²) in [6.07, 6.45) is -2.86. The molecule has 0 radical (unpaired) electrons. The zero-order chi connectivity index (χ0) is 22.6. The molecule has 2 N–H and O–H groups in total. The fourth-order valence-corrected chi connectivity index (χ4v) is 3.37. The van der Waals surface area contributed by atoms with E-state index in [1.165, 1.54) is 6.07 Å². The average Bonchev–Trinajstić information content (AvgIpc) is 2.65. The van der Waals surface area contributed by atoms with Crippen molar-refractivity contribution < 1.29 is 32.2 Å². The molecule has 2 amide bonds. The van der Waals surface area contributed by atoms with Crippen LogP contribution in [0.25, 0.3) is 0 Å². The molecule has 1 aliphatic rings. The lowest BCUT2D eigenvalue weighted by atomic mass is 9.74. The summed E-state index contributed by atoms with van der Waals surface area (Å²) in [5.41, 5.74) is -0.398. The first-order chi connectivity index (χ1) is 14.5. The summed E-state index contributed by atoms with van der Waals surface area (Å²) in [5, 5.41) is 6.19. The van der Waals surface area contributed by atoms with Crippen LogP contribution < -0.4 is 20.1 Å². The van der Waals surface area contributed by atoms with Crippen LogP contribution in [0.4, 0.5) is 13.2 Å². The van der Waals surface area contributed by atoms with Crippen LogP contribution in [0.1, 0.15) is 30.1 Å². The average molecular weight is 458 g/mol. The number of halogens is 4. The van der Waals surface area contributed by atoms with E-state index in [2.05, 4.69) is 20.4 Å². The molecule has 166 valence electrons. The highest BCUT2D eigenvalue weighted by Crippen LogP contribution is 2.32. The predicted octanol–water partition coefficient (Wildman–Crippen LogP) is 3.48. The van der Waals surface area contributed by atoms with Gasteiger partial charge in [0.1, 0.15) is 5.75 Å². The number of aromatic nitrogens is 1. The minimum atomic E-state index is -4.85. The first-order valence-electron chi connectivity index (χ1n) is 9.23. The molecule has 0 spiro atoms. The summed E-state index contributed by atoms with van der Waals surface area (Å²) >= 11 is 5.79. The van der Waals surface area contributed by atoms with Crippen molar-refractivity contribution in [3.8, 4) is 11.6 Å². The Morgan fingerprint density at radius 1 is 1.19 bits per heavy atom. The monoisotopic (exact) mass is 457 g/mol. The Morgan fingerprint density at radius 3 is 2.45 bits per heavy atom. The molecule has 11 heteroatoms. The molecular formula is C20H19ClF3N3O4. The lowest BCUT2D eigenvalue weighted by Gasteiger charge is -2.45. The predicted molar refractivity (Wildman–Crippen MR) is 105 cm³/mol. The quantitative estimate of drug-likeness (QED) is 0.664. The number of hydrogen-bond acceptors (Lipinski definition) is 5.